The molecule has 0 saturated carbocycles. The van der Waals surface area contributed by atoms with Crippen LogP contribution in [-0.4, -0.2) is 48.7 Å². The minimum absolute atomic E-state index is 0.0234. The third-order valence-corrected chi connectivity index (χ3v) is 3.19. The Bertz CT molecular complexity index is 507. The summed E-state index contributed by atoms with van der Waals surface area (Å²) in [6.07, 6.45) is 1.08. The highest BCUT2D eigenvalue weighted by molar-refractivity contribution is 7.92. The van der Waals surface area contributed by atoms with Gasteiger partial charge >= 0.3 is 5.97 Å². The summed E-state index contributed by atoms with van der Waals surface area (Å²) < 4.78 is 31.1. The molecule has 96 valence electrons. The summed E-state index contributed by atoms with van der Waals surface area (Å²) in [4.78, 5) is 10.8. The summed E-state index contributed by atoms with van der Waals surface area (Å²) in [7, 11) is -0.822. The summed E-state index contributed by atoms with van der Waals surface area (Å²) in [5, 5.41) is 12.5. The van der Waals surface area contributed by atoms with Gasteiger partial charge in [-0.05, 0) is 0 Å². The van der Waals surface area contributed by atoms with Crippen LogP contribution in [0.5, 0.6) is 0 Å². The highest BCUT2D eigenvalue weighted by Gasteiger charge is 2.20. The van der Waals surface area contributed by atoms with E-state index in [2.05, 4.69) is 14.6 Å². The van der Waals surface area contributed by atoms with Crippen LogP contribution in [0.4, 0.5) is 5.82 Å². The van der Waals surface area contributed by atoms with Gasteiger partial charge in [0, 0.05) is 14.2 Å². The van der Waals surface area contributed by atoms with Crippen molar-refractivity contribution in [1.82, 2.24) is 9.78 Å². The molecule has 17 heavy (non-hydrogen) atoms. The third-order valence-electron chi connectivity index (χ3n) is 1.98. The first-order valence-electron chi connectivity index (χ1n) is 4.62. The number of aryl methyl sites for hydroxylation is 1. The van der Waals surface area contributed by atoms with E-state index in [0.717, 1.165) is 10.9 Å². The van der Waals surface area contributed by atoms with Crippen molar-refractivity contribution in [3.8, 4) is 0 Å². The Morgan fingerprint density at radius 3 is 2.82 bits per heavy atom. The van der Waals surface area contributed by atoms with E-state index >= 15 is 0 Å². The molecule has 1 heterocycles. The first-order chi connectivity index (χ1) is 7.87. The molecule has 0 unspecified atom stereocenters. The lowest BCUT2D eigenvalue weighted by atomic mass is 10.3. The smallest absolute Gasteiger partial charge is 0.341 e. The second-order valence-corrected chi connectivity index (χ2v) is 5.09. The number of carbonyl (C=O) groups is 1. The predicted molar refractivity (Wildman–Crippen MR) is 59.5 cm³/mol. The van der Waals surface area contributed by atoms with Crippen LogP contribution in [0.25, 0.3) is 0 Å². The molecule has 0 radical (unpaired) electrons. The van der Waals surface area contributed by atoms with Crippen LogP contribution >= 0.6 is 0 Å². The van der Waals surface area contributed by atoms with E-state index in [1.54, 1.807) is 0 Å². The van der Waals surface area contributed by atoms with Crippen molar-refractivity contribution in [1.29, 1.82) is 0 Å². The van der Waals surface area contributed by atoms with E-state index in [9.17, 15) is 13.2 Å². The number of carboxylic acids is 1. The summed E-state index contributed by atoms with van der Waals surface area (Å²) in [5.41, 5.74) is -0.200. The number of aromatic carboxylic acids is 1. The van der Waals surface area contributed by atoms with Crippen LogP contribution in [0.3, 0.4) is 0 Å². The molecule has 0 aliphatic carbocycles. The summed E-state index contributed by atoms with van der Waals surface area (Å²) >= 11 is 0. The Labute approximate surface area is 98.2 Å². The van der Waals surface area contributed by atoms with Crippen LogP contribution in [0.15, 0.2) is 6.20 Å². The van der Waals surface area contributed by atoms with E-state index in [1.165, 1.54) is 14.2 Å². The Balaban J connectivity index is 2.95. The second kappa shape index (κ2) is 5.15. The first-order valence-corrected chi connectivity index (χ1v) is 6.27. The SMILES string of the molecule is COCCS(=O)(=O)Nc1c(C(=O)O)cnn1C. The fourth-order valence-corrected chi connectivity index (χ4v) is 2.13. The number of methoxy groups -OCH3 is 1. The maximum absolute atomic E-state index is 11.6. The fraction of sp³-hybridized carbons (Fsp3) is 0.500. The molecule has 9 heteroatoms. The molecular weight excluding hydrogens is 250 g/mol. The molecule has 0 atom stereocenters. The number of rotatable bonds is 6. The van der Waals surface area contributed by atoms with E-state index in [1.807, 2.05) is 0 Å². The van der Waals surface area contributed by atoms with E-state index in [-0.39, 0.29) is 23.7 Å². The molecule has 0 aliphatic heterocycles. The standard InChI is InChI=1S/C8H13N3O5S/c1-11-7(6(5-9-11)8(12)13)10-17(14,15)4-3-16-2/h5,10H,3-4H2,1-2H3,(H,12,13). The zero-order valence-corrected chi connectivity index (χ0v) is 10.2. The molecule has 0 fully saturated rings. The lowest BCUT2D eigenvalue weighted by Gasteiger charge is -2.08. The average Bonchev–Trinajstić information content (AvgIpc) is 2.57. The average molecular weight is 263 g/mol. The van der Waals surface area contributed by atoms with Gasteiger partial charge in [-0.1, -0.05) is 0 Å². The van der Waals surface area contributed by atoms with Crippen LogP contribution in [0.2, 0.25) is 0 Å². The number of aromatic nitrogens is 2. The second-order valence-electron chi connectivity index (χ2n) is 3.25. The zero-order chi connectivity index (χ0) is 13.1. The van der Waals surface area contributed by atoms with Crippen LogP contribution in [0.1, 0.15) is 10.4 Å². The lowest BCUT2D eigenvalue weighted by molar-refractivity contribution is 0.0698. The number of hydrogen-bond donors (Lipinski definition) is 2. The molecule has 8 nitrogen and oxygen atoms in total. The number of hydrogen-bond acceptors (Lipinski definition) is 5. The van der Waals surface area contributed by atoms with Crippen molar-refractivity contribution in [2.45, 2.75) is 0 Å². The molecule has 1 aromatic heterocycles. The summed E-state index contributed by atoms with van der Waals surface area (Å²) in [6.45, 7) is 0.0234. The summed E-state index contributed by atoms with van der Waals surface area (Å²) in [5.74, 6) is -1.58. The molecule has 0 amide bonds. The normalized spacial score (nSPS) is 11.4. The largest absolute Gasteiger partial charge is 0.477 e. The van der Waals surface area contributed by atoms with Gasteiger partial charge in [0.1, 0.15) is 5.56 Å². The van der Waals surface area contributed by atoms with Gasteiger partial charge < -0.3 is 9.84 Å². The number of nitrogens with one attached hydrogen (secondary N) is 1. The summed E-state index contributed by atoms with van der Waals surface area (Å²) in [6, 6.07) is 0. The van der Waals surface area contributed by atoms with Gasteiger partial charge in [0.2, 0.25) is 10.0 Å². The van der Waals surface area contributed by atoms with Crippen molar-refractivity contribution < 1.29 is 23.1 Å². The van der Waals surface area contributed by atoms with Gasteiger partial charge in [0.05, 0.1) is 18.6 Å². The molecule has 0 spiro atoms. The topological polar surface area (TPSA) is 111 Å². The van der Waals surface area contributed by atoms with Gasteiger partial charge in [-0.2, -0.15) is 5.10 Å². The first kappa shape index (κ1) is 13.5. The molecule has 0 bridgehead atoms. The molecule has 0 aromatic carbocycles. The van der Waals surface area contributed by atoms with Gasteiger partial charge in [-0.25, -0.2) is 13.2 Å². The molecule has 1 rings (SSSR count). The quantitative estimate of drug-likeness (QED) is 0.716. The van der Waals surface area contributed by atoms with Crippen LogP contribution in [-0.2, 0) is 21.8 Å². The number of nitrogens with zero attached hydrogens (tertiary/aromatic N) is 2. The minimum Gasteiger partial charge on any atom is -0.477 e. The molecule has 0 saturated heterocycles. The minimum atomic E-state index is -3.64. The van der Waals surface area contributed by atoms with Crippen LogP contribution in [0, 0.1) is 0 Å². The molecular formula is C8H13N3O5S. The number of anilines is 1. The number of sulfonamides is 1. The molecule has 0 aliphatic rings. The molecule has 2 N–H and O–H groups in total. The van der Waals surface area contributed by atoms with Crippen molar-refractivity contribution in [3.05, 3.63) is 11.8 Å². The van der Waals surface area contributed by atoms with Crippen molar-refractivity contribution >= 4 is 21.8 Å². The predicted octanol–water partition coefficient (Wildman–Crippen LogP) is -0.494. The maximum Gasteiger partial charge on any atom is 0.341 e. The Morgan fingerprint density at radius 1 is 1.65 bits per heavy atom. The van der Waals surface area contributed by atoms with Gasteiger partial charge in [0.15, 0.2) is 5.82 Å². The number of ether oxygens (including phenoxy) is 1. The Kier molecular flexibility index (Phi) is 4.07. The van der Waals surface area contributed by atoms with Crippen molar-refractivity contribution in [2.24, 2.45) is 7.05 Å². The lowest BCUT2D eigenvalue weighted by Crippen LogP contribution is -2.22. The zero-order valence-electron chi connectivity index (χ0n) is 9.37. The third kappa shape index (κ3) is 3.43. The van der Waals surface area contributed by atoms with Gasteiger partial charge in [0.25, 0.3) is 0 Å². The molecule has 1 aromatic rings. The number of carboxylic acid groups (broad SMARTS) is 1. The van der Waals surface area contributed by atoms with Gasteiger partial charge in [-0.3, -0.25) is 9.40 Å². The maximum atomic E-state index is 11.6. The van der Waals surface area contributed by atoms with Crippen LogP contribution < -0.4 is 4.72 Å². The van der Waals surface area contributed by atoms with Crippen molar-refractivity contribution in [3.63, 3.8) is 0 Å². The van der Waals surface area contributed by atoms with Crippen molar-refractivity contribution in [2.75, 3.05) is 24.2 Å². The van der Waals surface area contributed by atoms with E-state index in [4.69, 9.17) is 5.11 Å². The fourth-order valence-electron chi connectivity index (χ4n) is 1.11. The van der Waals surface area contributed by atoms with E-state index in [0.29, 0.717) is 0 Å². The Hall–Kier alpha value is -1.61. The monoisotopic (exact) mass is 263 g/mol. The Morgan fingerprint density at radius 2 is 2.29 bits per heavy atom. The van der Waals surface area contributed by atoms with E-state index < -0.39 is 16.0 Å². The highest BCUT2D eigenvalue weighted by atomic mass is 32.2. The van der Waals surface area contributed by atoms with Gasteiger partial charge in [-0.15, -0.1) is 0 Å². The highest BCUT2D eigenvalue weighted by Crippen LogP contribution is 2.15.